The number of likely N-dealkylation sites (tertiary alicyclic amines) is 1. The predicted octanol–water partition coefficient (Wildman–Crippen LogP) is 4.08. The first-order valence-corrected chi connectivity index (χ1v) is 17.4. The van der Waals surface area contributed by atoms with E-state index in [0.717, 1.165) is 19.3 Å². The molecule has 11 nitrogen and oxygen atoms in total. The molecule has 270 valence electrons. The molecule has 1 heterocycles. The normalized spacial score (nSPS) is 18.0. The summed E-state index contributed by atoms with van der Waals surface area (Å²) in [6.45, 7) is 14.5. The van der Waals surface area contributed by atoms with Crippen LogP contribution >= 0.6 is 0 Å². The minimum absolute atomic E-state index is 0.0756. The molecule has 1 aliphatic heterocycles. The van der Waals surface area contributed by atoms with Gasteiger partial charge in [0, 0.05) is 38.5 Å². The number of Topliss-reactive ketones (excluding diaryl/α,β-unsaturated/α-hetero) is 1. The van der Waals surface area contributed by atoms with E-state index in [1.165, 1.54) is 7.05 Å². The summed E-state index contributed by atoms with van der Waals surface area (Å²) in [5.41, 5.74) is 0. The minimum atomic E-state index is -0.777. The topological polar surface area (TPSA) is 157 Å². The van der Waals surface area contributed by atoms with Gasteiger partial charge in [0.25, 0.3) is 0 Å². The third kappa shape index (κ3) is 18.2. The lowest BCUT2D eigenvalue weighted by Gasteiger charge is -2.28. The molecule has 0 saturated carbocycles. The summed E-state index contributed by atoms with van der Waals surface area (Å²) in [6.07, 6.45) is 12.7. The Bertz CT molecular complexity index is 1030. The van der Waals surface area contributed by atoms with Crippen molar-refractivity contribution in [2.24, 2.45) is 23.7 Å². The molecule has 6 atom stereocenters. The van der Waals surface area contributed by atoms with Crippen LogP contribution < -0.4 is 21.3 Å². The standard InChI is InChI=1S/C25H44N4O4.C11H21NO2/c1-7-20(30)10-8-11-21(23(31)27-6)28-24(32)22-12-9-15-29(22)25(33)18(4)13-14-19(26-5)16-17(2)3;1-8(2)7-10(12-4)6-5-9(3)11(13)14/h13-14,17-19,21-22,26H,7-12,15-16H2,1-6H3,(H,27,31)(H,28,32);5-6,8-10,12H,7H2,1-4H3,(H,13,14)/b14-13+;6-5+/t18-,19+,21?,22?;9-,10+/m00/s1. The van der Waals surface area contributed by atoms with Gasteiger partial charge in [-0.05, 0) is 71.4 Å². The molecule has 11 heteroatoms. The number of ketones is 1. The van der Waals surface area contributed by atoms with E-state index >= 15 is 0 Å². The highest BCUT2D eigenvalue weighted by atomic mass is 16.4. The largest absolute Gasteiger partial charge is 0.481 e. The number of nitrogens with zero attached hydrogens (tertiary/aromatic N) is 1. The monoisotopic (exact) mass is 663 g/mol. The van der Waals surface area contributed by atoms with E-state index in [1.54, 1.807) is 17.9 Å². The maximum absolute atomic E-state index is 13.1. The number of rotatable bonds is 20. The Hall–Kier alpha value is -3.05. The van der Waals surface area contributed by atoms with Crippen molar-refractivity contribution in [1.29, 1.82) is 0 Å². The fourth-order valence-electron chi connectivity index (χ4n) is 5.32. The zero-order valence-electron chi connectivity index (χ0n) is 30.7. The second kappa shape index (κ2) is 24.1. The second-order valence-corrected chi connectivity index (χ2v) is 13.4. The molecule has 3 amide bonds. The van der Waals surface area contributed by atoms with E-state index in [2.05, 4.69) is 49.0 Å². The van der Waals surface area contributed by atoms with E-state index in [9.17, 15) is 24.0 Å². The van der Waals surface area contributed by atoms with Crippen molar-refractivity contribution in [2.75, 3.05) is 27.7 Å². The zero-order chi connectivity index (χ0) is 36.1. The highest BCUT2D eigenvalue weighted by Crippen LogP contribution is 2.21. The van der Waals surface area contributed by atoms with Crippen LogP contribution in [0.1, 0.15) is 99.8 Å². The van der Waals surface area contributed by atoms with Gasteiger partial charge in [-0.25, -0.2) is 0 Å². The SMILES string of the molecule is CCC(=O)CCCC(NC(=O)C1CCCN1C(=O)[C@@H](C)/C=C/[C@H](CC(C)C)NC)C(=O)NC.CN[C@H](/C=C/[C@H](C)C(=O)O)CC(C)C. The van der Waals surface area contributed by atoms with Gasteiger partial charge in [-0.3, -0.25) is 24.0 Å². The fraction of sp³-hybridized carbons (Fsp3) is 0.750. The molecule has 1 aliphatic rings. The number of hydrogen-bond acceptors (Lipinski definition) is 7. The maximum Gasteiger partial charge on any atom is 0.310 e. The first kappa shape index (κ1) is 43.9. The Kier molecular flexibility index (Phi) is 22.6. The summed E-state index contributed by atoms with van der Waals surface area (Å²) >= 11 is 0. The molecule has 2 unspecified atom stereocenters. The number of nitrogens with one attached hydrogen (secondary N) is 4. The first-order chi connectivity index (χ1) is 22.1. The number of carboxylic acids is 1. The number of hydrogen-bond donors (Lipinski definition) is 5. The van der Waals surface area contributed by atoms with Crippen molar-refractivity contribution in [2.45, 2.75) is 124 Å². The molecule has 1 saturated heterocycles. The van der Waals surface area contributed by atoms with Gasteiger partial charge in [-0.2, -0.15) is 0 Å². The van der Waals surface area contributed by atoms with Crippen LogP contribution in [0.4, 0.5) is 0 Å². The Morgan fingerprint density at radius 3 is 1.81 bits per heavy atom. The Labute approximate surface area is 284 Å². The van der Waals surface area contributed by atoms with Crippen LogP contribution in [0.25, 0.3) is 0 Å². The number of carbonyl (C=O) groups excluding carboxylic acids is 4. The van der Waals surface area contributed by atoms with Crippen LogP contribution in [0.3, 0.4) is 0 Å². The lowest BCUT2D eigenvalue weighted by molar-refractivity contribution is -0.141. The summed E-state index contributed by atoms with van der Waals surface area (Å²) < 4.78 is 0. The van der Waals surface area contributed by atoms with Crippen LogP contribution in [-0.4, -0.2) is 91.3 Å². The smallest absolute Gasteiger partial charge is 0.310 e. The summed E-state index contributed by atoms with van der Waals surface area (Å²) in [6, 6.07) is -0.814. The highest BCUT2D eigenvalue weighted by Gasteiger charge is 2.36. The van der Waals surface area contributed by atoms with Gasteiger partial charge >= 0.3 is 5.97 Å². The van der Waals surface area contributed by atoms with Gasteiger partial charge in [0.1, 0.15) is 17.9 Å². The number of carboxylic acid groups (broad SMARTS) is 1. The first-order valence-electron chi connectivity index (χ1n) is 17.4. The van der Waals surface area contributed by atoms with E-state index in [1.807, 2.05) is 46.2 Å². The molecule has 1 rings (SSSR count). The van der Waals surface area contributed by atoms with Crippen LogP contribution in [0.5, 0.6) is 0 Å². The fourth-order valence-corrected chi connectivity index (χ4v) is 5.32. The summed E-state index contributed by atoms with van der Waals surface area (Å²) in [4.78, 5) is 62.2. The van der Waals surface area contributed by atoms with Crippen molar-refractivity contribution in [3.05, 3.63) is 24.3 Å². The Morgan fingerprint density at radius 1 is 0.830 bits per heavy atom. The number of amides is 3. The molecule has 0 aromatic heterocycles. The number of aliphatic carboxylic acids is 1. The number of likely N-dealkylation sites (N-methyl/N-ethyl adjacent to an activating group) is 3. The van der Waals surface area contributed by atoms with E-state index in [4.69, 9.17) is 5.11 Å². The Morgan fingerprint density at radius 2 is 1.36 bits per heavy atom. The quantitative estimate of drug-likeness (QED) is 0.122. The average molecular weight is 664 g/mol. The van der Waals surface area contributed by atoms with Gasteiger partial charge in [0.15, 0.2) is 0 Å². The van der Waals surface area contributed by atoms with Crippen LogP contribution in [0, 0.1) is 23.7 Å². The lowest BCUT2D eigenvalue weighted by atomic mass is 10.0. The van der Waals surface area contributed by atoms with Crippen molar-refractivity contribution in [3.63, 3.8) is 0 Å². The maximum atomic E-state index is 13.1. The van der Waals surface area contributed by atoms with Crippen LogP contribution in [0.2, 0.25) is 0 Å². The van der Waals surface area contributed by atoms with E-state index < -0.39 is 24.0 Å². The van der Waals surface area contributed by atoms with Crippen molar-refractivity contribution in [1.82, 2.24) is 26.2 Å². The zero-order valence-corrected chi connectivity index (χ0v) is 30.7. The molecule has 47 heavy (non-hydrogen) atoms. The molecule has 0 spiro atoms. The minimum Gasteiger partial charge on any atom is -0.481 e. The molecule has 0 bridgehead atoms. The van der Waals surface area contributed by atoms with Crippen molar-refractivity contribution in [3.8, 4) is 0 Å². The van der Waals surface area contributed by atoms with Gasteiger partial charge in [-0.15, -0.1) is 0 Å². The van der Waals surface area contributed by atoms with E-state index in [0.29, 0.717) is 50.5 Å². The second-order valence-electron chi connectivity index (χ2n) is 13.4. The molecular formula is C36H65N5O6. The summed E-state index contributed by atoms with van der Waals surface area (Å²) in [7, 11) is 5.32. The van der Waals surface area contributed by atoms with Gasteiger partial charge in [0.05, 0.1) is 11.8 Å². The van der Waals surface area contributed by atoms with Gasteiger partial charge in [-0.1, -0.05) is 65.8 Å². The van der Waals surface area contributed by atoms with E-state index in [-0.39, 0.29) is 41.5 Å². The molecule has 0 aromatic carbocycles. The number of carbonyl (C=O) groups is 5. The lowest BCUT2D eigenvalue weighted by Crippen LogP contribution is -2.53. The summed E-state index contributed by atoms with van der Waals surface area (Å²) in [5.74, 6) is -0.901. The molecule has 0 aromatic rings. The Balaban J connectivity index is 0.00000127. The van der Waals surface area contributed by atoms with Crippen molar-refractivity contribution < 1.29 is 29.1 Å². The van der Waals surface area contributed by atoms with Crippen LogP contribution in [0.15, 0.2) is 24.3 Å². The van der Waals surface area contributed by atoms with Gasteiger partial charge in [0.2, 0.25) is 17.7 Å². The average Bonchev–Trinajstić information content (AvgIpc) is 3.53. The molecule has 0 radical (unpaired) electrons. The molecule has 0 aliphatic carbocycles. The summed E-state index contributed by atoms with van der Waals surface area (Å²) in [5, 5.41) is 20.5. The molecule has 1 fully saturated rings. The highest BCUT2D eigenvalue weighted by molar-refractivity contribution is 5.93. The van der Waals surface area contributed by atoms with Crippen LogP contribution in [-0.2, 0) is 24.0 Å². The third-order valence-electron chi connectivity index (χ3n) is 8.30. The predicted molar refractivity (Wildman–Crippen MR) is 189 cm³/mol. The van der Waals surface area contributed by atoms with Crippen molar-refractivity contribution >= 4 is 29.5 Å². The molecular weight excluding hydrogens is 598 g/mol. The molecule has 5 N–H and O–H groups in total. The van der Waals surface area contributed by atoms with Gasteiger partial charge < -0.3 is 31.3 Å². The third-order valence-corrected chi connectivity index (χ3v) is 8.30.